The van der Waals surface area contributed by atoms with Gasteiger partial charge in [-0.05, 0) is 49.0 Å². The molecule has 5 nitrogen and oxygen atoms in total. The molecule has 1 atom stereocenters. The topological polar surface area (TPSA) is 73.4 Å². The number of hydrogen-bond donors (Lipinski definition) is 4. The van der Waals surface area contributed by atoms with Gasteiger partial charge < -0.3 is 21.1 Å². The molecule has 0 radical (unpaired) electrons. The molecular formula is C18H17N3O2S. The Hall–Kier alpha value is -2.86. The Morgan fingerprint density at radius 1 is 1.17 bits per heavy atom. The highest BCUT2D eigenvalue weighted by molar-refractivity contribution is 7.80. The summed E-state index contributed by atoms with van der Waals surface area (Å²) in [7, 11) is 0. The van der Waals surface area contributed by atoms with Gasteiger partial charge in [0, 0.05) is 11.4 Å². The third-order valence-corrected chi connectivity index (χ3v) is 3.97. The van der Waals surface area contributed by atoms with Crippen LogP contribution in [0.15, 0.2) is 65.9 Å². The summed E-state index contributed by atoms with van der Waals surface area (Å²) >= 11 is 5.21. The first-order chi connectivity index (χ1) is 11.5. The third-order valence-electron chi connectivity index (χ3n) is 3.75. The molecule has 0 aromatic heterocycles. The van der Waals surface area contributed by atoms with E-state index in [1.807, 2.05) is 43.3 Å². The summed E-state index contributed by atoms with van der Waals surface area (Å²) in [6, 6.07) is 15.6. The summed E-state index contributed by atoms with van der Waals surface area (Å²) in [6.45, 7) is 1.81. The molecule has 0 fully saturated rings. The molecule has 6 heteroatoms. The lowest BCUT2D eigenvalue weighted by Gasteiger charge is -2.30. The van der Waals surface area contributed by atoms with E-state index in [2.05, 4.69) is 16.0 Å². The van der Waals surface area contributed by atoms with E-state index < -0.39 is 6.04 Å². The van der Waals surface area contributed by atoms with Crippen molar-refractivity contribution in [1.82, 2.24) is 10.6 Å². The van der Waals surface area contributed by atoms with Crippen molar-refractivity contribution in [3.8, 4) is 5.75 Å². The number of thiocarbonyl (C=S) groups is 1. The van der Waals surface area contributed by atoms with Gasteiger partial charge in [0.25, 0.3) is 5.91 Å². The second-order valence-electron chi connectivity index (χ2n) is 5.49. The Morgan fingerprint density at radius 2 is 1.92 bits per heavy atom. The molecule has 1 heterocycles. The SMILES string of the molecule is CC1=C(C(=O)Nc2ccccc2)[C@@H](c2cccc(O)c2)NC(=S)N1. The van der Waals surface area contributed by atoms with Gasteiger partial charge in [-0.3, -0.25) is 4.79 Å². The van der Waals surface area contributed by atoms with E-state index in [1.54, 1.807) is 18.2 Å². The summed E-state index contributed by atoms with van der Waals surface area (Å²) in [5.74, 6) is -0.0891. The van der Waals surface area contributed by atoms with Crippen molar-refractivity contribution < 1.29 is 9.90 Å². The number of para-hydroxylation sites is 1. The van der Waals surface area contributed by atoms with E-state index in [-0.39, 0.29) is 11.7 Å². The minimum Gasteiger partial charge on any atom is -0.508 e. The van der Waals surface area contributed by atoms with Crippen LogP contribution in [0.1, 0.15) is 18.5 Å². The maximum atomic E-state index is 12.8. The number of allylic oxidation sites excluding steroid dienone is 1. The Labute approximate surface area is 145 Å². The second kappa shape index (κ2) is 6.72. The molecule has 0 saturated heterocycles. The molecule has 0 saturated carbocycles. The average molecular weight is 339 g/mol. The van der Waals surface area contributed by atoms with Crippen molar-refractivity contribution in [3.63, 3.8) is 0 Å². The van der Waals surface area contributed by atoms with Crippen LogP contribution in [-0.4, -0.2) is 16.1 Å². The summed E-state index contributed by atoms with van der Waals surface area (Å²) in [4.78, 5) is 12.8. The Morgan fingerprint density at radius 3 is 2.62 bits per heavy atom. The van der Waals surface area contributed by atoms with Gasteiger partial charge in [-0.15, -0.1) is 0 Å². The second-order valence-corrected chi connectivity index (χ2v) is 5.89. The minimum atomic E-state index is -0.436. The fourth-order valence-corrected chi connectivity index (χ4v) is 2.94. The van der Waals surface area contributed by atoms with Crippen LogP contribution in [-0.2, 0) is 4.79 Å². The zero-order valence-electron chi connectivity index (χ0n) is 13.0. The third kappa shape index (κ3) is 3.38. The number of carbonyl (C=O) groups excluding carboxylic acids is 1. The van der Waals surface area contributed by atoms with E-state index in [4.69, 9.17) is 12.2 Å². The first-order valence-electron chi connectivity index (χ1n) is 7.48. The maximum Gasteiger partial charge on any atom is 0.255 e. The maximum absolute atomic E-state index is 12.8. The molecule has 0 bridgehead atoms. The van der Waals surface area contributed by atoms with Crippen LogP contribution in [0, 0.1) is 0 Å². The molecule has 1 amide bonds. The molecular weight excluding hydrogens is 322 g/mol. The van der Waals surface area contributed by atoms with Crippen molar-refractivity contribution in [3.05, 3.63) is 71.4 Å². The van der Waals surface area contributed by atoms with Crippen molar-refractivity contribution in [1.29, 1.82) is 0 Å². The van der Waals surface area contributed by atoms with E-state index in [0.717, 1.165) is 5.56 Å². The standard InChI is InChI=1S/C18H17N3O2S/c1-11-15(17(23)20-13-7-3-2-4-8-13)16(21-18(24)19-11)12-6-5-9-14(22)10-12/h2-10,16,22H,1H3,(H,20,23)(H2,19,21,24)/t16-/m1/s1. The van der Waals surface area contributed by atoms with Crippen LogP contribution in [0.2, 0.25) is 0 Å². The van der Waals surface area contributed by atoms with E-state index in [1.165, 1.54) is 0 Å². The van der Waals surface area contributed by atoms with Crippen molar-refractivity contribution in [2.45, 2.75) is 13.0 Å². The number of anilines is 1. The monoisotopic (exact) mass is 339 g/mol. The number of rotatable bonds is 3. The Kier molecular flexibility index (Phi) is 4.48. The molecule has 2 aromatic carbocycles. The highest BCUT2D eigenvalue weighted by Gasteiger charge is 2.30. The molecule has 122 valence electrons. The van der Waals surface area contributed by atoms with Crippen molar-refractivity contribution >= 4 is 28.9 Å². The molecule has 24 heavy (non-hydrogen) atoms. The molecule has 3 rings (SSSR count). The smallest absolute Gasteiger partial charge is 0.255 e. The Bertz CT molecular complexity index is 818. The highest BCUT2D eigenvalue weighted by Crippen LogP contribution is 2.29. The number of carbonyl (C=O) groups is 1. The number of aromatic hydroxyl groups is 1. The fourth-order valence-electron chi connectivity index (χ4n) is 2.67. The number of phenols is 1. The Balaban J connectivity index is 1.96. The predicted octanol–water partition coefficient (Wildman–Crippen LogP) is 2.82. The van der Waals surface area contributed by atoms with Crippen LogP contribution in [0.5, 0.6) is 5.75 Å². The largest absolute Gasteiger partial charge is 0.508 e. The number of amides is 1. The molecule has 4 N–H and O–H groups in total. The van der Waals surface area contributed by atoms with Crippen molar-refractivity contribution in [2.75, 3.05) is 5.32 Å². The molecule has 1 aliphatic rings. The zero-order chi connectivity index (χ0) is 17.1. The lowest BCUT2D eigenvalue weighted by atomic mass is 9.94. The molecule has 2 aromatic rings. The van der Waals surface area contributed by atoms with E-state index in [9.17, 15) is 9.90 Å². The van der Waals surface area contributed by atoms with Crippen molar-refractivity contribution in [2.24, 2.45) is 0 Å². The molecule has 1 aliphatic heterocycles. The number of hydrogen-bond acceptors (Lipinski definition) is 3. The molecule has 0 aliphatic carbocycles. The molecule has 0 spiro atoms. The first kappa shape index (κ1) is 16.0. The van der Waals surface area contributed by atoms with Gasteiger partial charge in [-0.1, -0.05) is 30.3 Å². The fraction of sp³-hybridized carbons (Fsp3) is 0.111. The van der Waals surface area contributed by atoms with E-state index in [0.29, 0.717) is 22.1 Å². The first-order valence-corrected chi connectivity index (χ1v) is 7.89. The van der Waals surface area contributed by atoms with E-state index >= 15 is 0 Å². The van der Waals surface area contributed by atoms with Gasteiger partial charge in [0.1, 0.15) is 5.75 Å². The average Bonchev–Trinajstić information content (AvgIpc) is 2.55. The predicted molar refractivity (Wildman–Crippen MR) is 97.5 cm³/mol. The van der Waals surface area contributed by atoms with Gasteiger partial charge in [0.05, 0.1) is 11.6 Å². The number of nitrogens with one attached hydrogen (secondary N) is 3. The summed E-state index contributed by atoms with van der Waals surface area (Å²) in [6.07, 6.45) is 0. The summed E-state index contributed by atoms with van der Waals surface area (Å²) < 4.78 is 0. The molecule has 0 unspecified atom stereocenters. The van der Waals surface area contributed by atoms with Gasteiger partial charge in [0.2, 0.25) is 0 Å². The van der Waals surface area contributed by atoms with Crippen LogP contribution < -0.4 is 16.0 Å². The lowest BCUT2D eigenvalue weighted by Crippen LogP contribution is -2.45. The van der Waals surface area contributed by atoms with Crippen LogP contribution >= 0.6 is 12.2 Å². The van der Waals surface area contributed by atoms with Gasteiger partial charge in [0.15, 0.2) is 5.11 Å². The highest BCUT2D eigenvalue weighted by atomic mass is 32.1. The van der Waals surface area contributed by atoms with Gasteiger partial charge >= 0.3 is 0 Å². The van der Waals surface area contributed by atoms with Crippen LogP contribution in [0.3, 0.4) is 0 Å². The quantitative estimate of drug-likeness (QED) is 0.647. The summed E-state index contributed by atoms with van der Waals surface area (Å²) in [5.41, 5.74) is 2.68. The zero-order valence-corrected chi connectivity index (χ0v) is 13.9. The van der Waals surface area contributed by atoms with Crippen LogP contribution in [0.25, 0.3) is 0 Å². The number of benzene rings is 2. The van der Waals surface area contributed by atoms with Gasteiger partial charge in [-0.25, -0.2) is 0 Å². The minimum absolute atomic E-state index is 0.138. The van der Waals surface area contributed by atoms with Gasteiger partial charge in [-0.2, -0.15) is 0 Å². The normalized spacial score (nSPS) is 17.0. The number of phenolic OH excluding ortho intramolecular Hbond substituents is 1. The lowest BCUT2D eigenvalue weighted by molar-refractivity contribution is -0.113. The summed E-state index contributed by atoms with van der Waals surface area (Å²) in [5, 5.41) is 19.2. The van der Waals surface area contributed by atoms with Crippen LogP contribution in [0.4, 0.5) is 5.69 Å².